The number of phenolic OH excluding ortho intramolecular Hbond substituents is 4. The van der Waals surface area contributed by atoms with Crippen LogP contribution in [0.1, 0.15) is 17.7 Å². The van der Waals surface area contributed by atoms with Gasteiger partial charge in [0.25, 0.3) is 0 Å². The molecule has 314 valence electrons. The van der Waals surface area contributed by atoms with Crippen molar-refractivity contribution in [2.24, 2.45) is 0 Å². The number of aromatic hydroxyl groups is 4. The number of hydrogen-bond acceptors (Lipinski definition) is 6. The summed E-state index contributed by atoms with van der Waals surface area (Å²) in [5.41, 5.74) is 11.3. The first-order valence-corrected chi connectivity index (χ1v) is 22.9. The van der Waals surface area contributed by atoms with Crippen molar-refractivity contribution in [1.82, 2.24) is 4.57 Å². The summed E-state index contributed by atoms with van der Waals surface area (Å²) in [6, 6.07) is 52.8. The monoisotopic (exact) mass is 870 g/mol. The lowest BCUT2D eigenvalue weighted by Crippen LogP contribution is -2.26. The van der Waals surface area contributed by atoms with Gasteiger partial charge in [-0.2, -0.15) is 0 Å². The number of benzene rings is 9. The zero-order chi connectivity index (χ0) is 44.8. The molecule has 6 nitrogen and oxygen atoms in total. The van der Waals surface area contributed by atoms with Gasteiger partial charge in [-0.1, -0.05) is 163 Å². The molecule has 0 bridgehead atoms. The molecular weight excluding hydrogens is 830 g/mol. The summed E-state index contributed by atoms with van der Waals surface area (Å²) in [6.07, 6.45) is 9.70. The molecular formula is C57H40B2N2O4S. The van der Waals surface area contributed by atoms with E-state index in [1.807, 2.05) is 118 Å². The maximum absolute atomic E-state index is 12.7. The Morgan fingerprint density at radius 1 is 0.470 bits per heavy atom. The normalized spacial score (nSPS) is 12.9. The van der Waals surface area contributed by atoms with Crippen LogP contribution in [0.3, 0.4) is 0 Å². The van der Waals surface area contributed by atoms with Crippen molar-refractivity contribution in [1.29, 1.82) is 0 Å². The van der Waals surface area contributed by atoms with Crippen LogP contribution in [0, 0.1) is 0 Å². The predicted molar refractivity (Wildman–Crippen MR) is 279 cm³/mol. The minimum atomic E-state index is -0.121. The van der Waals surface area contributed by atoms with Crippen LogP contribution in [-0.2, 0) is 0 Å². The number of fused-ring (bicyclic) bond motifs is 7. The van der Waals surface area contributed by atoms with Crippen LogP contribution < -0.4 is 15.8 Å². The molecule has 4 N–H and O–H groups in total. The van der Waals surface area contributed by atoms with E-state index in [4.69, 9.17) is 0 Å². The van der Waals surface area contributed by atoms with Crippen molar-refractivity contribution in [3.63, 3.8) is 0 Å². The Morgan fingerprint density at radius 3 is 1.76 bits per heavy atom. The summed E-state index contributed by atoms with van der Waals surface area (Å²) in [4.78, 5) is 2.71. The van der Waals surface area contributed by atoms with E-state index < -0.39 is 0 Å². The van der Waals surface area contributed by atoms with Gasteiger partial charge in [0, 0.05) is 27.8 Å². The largest absolute Gasteiger partial charge is 0.508 e. The third-order valence-electron chi connectivity index (χ3n) is 13.4. The number of nitrogens with zero attached hydrogens (tertiary/aromatic N) is 2. The molecule has 0 fully saturated rings. The molecule has 0 unspecified atom stereocenters. The van der Waals surface area contributed by atoms with E-state index in [9.17, 15) is 20.4 Å². The van der Waals surface area contributed by atoms with Crippen LogP contribution in [0.5, 0.6) is 23.0 Å². The Bertz CT molecular complexity index is 3590. The molecule has 12 rings (SSSR count). The summed E-state index contributed by atoms with van der Waals surface area (Å²) in [5.74, 6) is -0.223. The highest BCUT2D eigenvalue weighted by Crippen LogP contribution is 2.62. The molecule has 0 saturated carbocycles. The van der Waals surface area contributed by atoms with Gasteiger partial charge >= 0.3 is 0 Å². The first-order chi connectivity index (χ1) is 32.3. The van der Waals surface area contributed by atoms with Crippen LogP contribution >= 0.6 is 11.8 Å². The van der Waals surface area contributed by atoms with E-state index >= 15 is 0 Å². The molecule has 1 aliphatic heterocycles. The van der Waals surface area contributed by atoms with Gasteiger partial charge in [0.05, 0.1) is 37.9 Å². The molecule has 0 saturated heterocycles. The highest BCUT2D eigenvalue weighted by molar-refractivity contribution is 8.00. The second-order valence-corrected chi connectivity index (χ2v) is 18.0. The molecule has 0 amide bonds. The van der Waals surface area contributed by atoms with Gasteiger partial charge in [-0.15, -0.1) is 0 Å². The molecule has 9 heteroatoms. The van der Waals surface area contributed by atoms with E-state index in [2.05, 4.69) is 89.5 Å². The second-order valence-electron chi connectivity index (χ2n) is 17.0. The Labute approximate surface area is 387 Å². The fraction of sp³-hybridized carbons (Fsp3) is 0.0175. The number of allylic oxidation sites excluding steroid dienone is 2. The van der Waals surface area contributed by atoms with E-state index in [1.54, 1.807) is 0 Å². The Balaban J connectivity index is 1.08. The Kier molecular flexibility index (Phi) is 9.19. The number of anilines is 3. The molecule has 9 aromatic carbocycles. The third kappa shape index (κ3) is 5.86. The molecule has 2 heterocycles. The zero-order valence-corrected chi connectivity index (χ0v) is 36.9. The van der Waals surface area contributed by atoms with Crippen LogP contribution in [0.4, 0.5) is 17.1 Å². The van der Waals surface area contributed by atoms with Crippen LogP contribution in [0.2, 0.25) is 0 Å². The maximum Gasteiger partial charge on any atom is 0.147 e. The number of aromatic nitrogens is 1. The molecule has 0 radical (unpaired) electrons. The third-order valence-corrected chi connectivity index (χ3v) is 14.6. The standard InChI is InChI=1S/C57H40B2N2O4S/c58-48-46(41-23-12-16-32-14-4-6-18-36(32)41)53(63)57-51(55(48)65)60(50-49(59)52(62)47(54(64)56(50)66-57)42-24-13-17-33-15-5-7-19-37(33)42)35-30-28-34(29-31-35)38-20-8-10-26-43(38)61-44-25-3-1-2-21-39(44)40-22-9-11-27-45(40)61/h2-31,62-65H,1,58-59H2. The van der Waals surface area contributed by atoms with Crippen LogP contribution in [0.15, 0.2) is 180 Å². The van der Waals surface area contributed by atoms with Crippen molar-refractivity contribution >= 4 is 100 Å². The van der Waals surface area contributed by atoms with Gasteiger partial charge in [-0.3, -0.25) is 0 Å². The molecule has 1 aromatic heterocycles. The lowest BCUT2D eigenvalue weighted by atomic mass is 9.82. The number of rotatable bonds is 5. The second kappa shape index (κ2) is 15.3. The van der Waals surface area contributed by atoms with E-state index in [0.717, 1.165) is 61.6 Å². The lowest BCUT2D eigenvalue weighted by Gasteiger charge is -2.37. The van der Waals surface area contributed by atoms with E-state index in [0.29, 0.717) is 54.5 Å². The highest BCUT2D eigenvalue weighted by Gasteiger charge is 2.38. The number of para-hydroxylation sites is 2. The first kappa shape index (κ1) is 39.6. The predicted octanol–water partition coefficient (Wildman–Crippen LogP) is 11.6. The van der Waals surface area contributed by atoms with Gasteiger partial charge in [-0.25, -0.2) is 0 Å². The minimum Gasteiger partial charge on any atom is -0.508 e. The number of phenols is 4. The minimum absolute atomic E-state index is 0.0123. The maximum atomic E-state index is 12.7. The topological polar surface area (TPSA) is 89.1 Å². The van der Waals surface area contributed by atoms with Crippen molar-refractivity contribution in [3.8, 4) is 62.1 Å². The van der Waals surface area contributed by atoms with E-state index in [-0.39, 0.29) is 23.0 Å². The van der Waals surface area contributed by atoms with Crippen LogP contribution in [0.25, 0.3) is 83.7 Å². The van der Waals surface area contributed by atoms with E-state index in [1.165, 1.54) is 22.7 Å². The zero-order valence-electron chi connectivity index (χ0n) is 36.1. The van der Waals surface area contributed by atoms with Gasteiger partial charge in [0.15, 0.2) is 0 Å². The molecule has 1 aliphatic carbocycles. The van der Waals surface area contributed by atoms with Crippen molar-refractivity contribution in [3.05, 3.63) is 181 Å². The summed E-state index contributed by atoms with van der Waals surface area (Å²) in [6.45, 7) is 0. The molecule has 2 aliphatic rings. The average Bonchev–Trinajstić information content (AvgIpc) is 3.47. The highest BCUT2D eigenvalue weighted by atomic mass is 32.2. The molecule has 66 heavy (non-hydrogen) atoms. The van der Waals surface area contributed by atoms with Crippen molar-refractivity contribution in [2.45, 2.75) is 16.2 Å². The number of hydrogen-bond donors (Lipinski definition) is 4. The summed E-state index contributed by atoms with van der Waals surface area (Å²) < 4.78 is 2.34. The summed E-state index contributed by atoms with van der Waals surface area (Å²) in [5, 5.41) is 55.2. The SMILES string of the molecule is Bc1c(O)c2c(c(O)c1-c1cccc3ccccc13)Sc1c(O)c(-c3cccc4ccccc34)c(O)c(B)c1N2c1ccc(-c2ccccc2-n2c3c(c4ccccc42)C=CCC=C3)cc1. The first-order valence-electron chi connectivity index (χ1n) is 22.1. The van der Waals surface area contributed by atoms with Gasteiger partial charge in [-0.05, 0) is 85.9 Å². The van der Waals surface area contributed by atoms with Crippen molar-refractivity contribution < 1.29 is 20.4 Å². The smallest absolute Gasteiger partial charge is 0.147 e. The average molecular weight is 871 g/mol. The van der Waals surface area contributed by atoms with Gasteiger partial charge in [0.2, 0.25) is 0 Å². The Hall–Kier alpha value is -8.00. The van der Waals surface area contributed by atoms with Gasteiger partial charge < -0.3 is 29.9 Å². The quantitative estimate of drug-likeness (QED) is 0.102. The Morgan fingerprint density at radius 2 is 1.03 bits per heavy atom. The van der Waals surface area contributed by atoms with Gasteiger partial charge in [0.1, 0.15) is 44.4 Å². The molecule has 0 atom stereocenters. The van der Waals surface area contributed by atoms with Crippen LogP contribution in [-0.4, -0.2) is 40.7 Å². The fourth-order valence-electron chi connectivity index (χ4n) is 10.3. The van der Waals surface area contributed by atoms with Crippen molar-refractivity contribution in [2.75, 3.05) is 4.90 Å². The fourth-order valence-corrected chi connectivity index (χ4v) is 11.5. The summed E-state index contributed by atoms with van der Waals surface area (Å²) >= 11 is 1.20. The lowest BCUT2D eigenvalue weighted by molar-refractivity contribution is 0.446. The molecule has 10 aromatic rings. The summed E-state index contributed by atoms with van der Waals surface area (Å²) in [7, 11) is 3.67. The molecule has 0 spiro atoms.